The summed E-state index contributed by atoms with van der Waals surface area (Å²) in [5.74, 6) is 0.836. The molecular formula is C33H20N2O2. The highest BCUT2D eigenvalue weighted by molar-refractivity contribution is 6.05. The van der Waals surface area contributed by atoms with Gasteiger partial charge in [0.15, 0.2) is 0 Å². The third kappa shape index (κ3) is 3.06. The van der Waals surface area contributed by atoms with Gasteiger partial charge in [-0.2, -0.15) is 0 Å². The Labute approximate surface area is 212 Å². The molecule has 0 fully saturated rings. The molecule has 0 atom stereocenters. The van der Waals surface area contributed by atoms with Gasteiger partial charge in [-0.3, -0.25) is 4.57 Å². The van der Waals surface area contributed by atoms with Gasteiger partial charge in [-0.1, -0.05) is 66.7 Å². The second-order valence-electron chi connectivity index (χ2n) is 9.26. The van der Waals surface area contributed by atoms with Crippen LogP contribution in [0.5, 0.6) is 0 Å². The Morgan fingerprint density at radius 2 is 1.35 bits per heavy atom. The Hall–Kier alpha value is -5.09. The monoisotopic (exact) mass is 476 g/mol. The second kappa shape index (κ2) is 7.70. The fourth-order valence-corrected chi connectivity index (χ4v) is 5.33. The highest BCUT2D eigenvalue weighted by Crippen LogP contribution is 2.37. The lowest BCUT2D eigenvalue weighted by molar-refractivity contribution is 0.616. The van der Waals surface area contributed by atoms with Crippen LogP contribution >= 0.6 is 0 Å². The normalized spacial score (nSPS) is 11.8. The second-order valence-corrected chi connectivity index (χ2v) is 9.26. The van der Waals surface area contributed by atoms with Crippen LogP contribution in [-0.4, -0.2) is 9.55 Å². The van der Waals surface area contributed by atoms with E-state index in [-0.39, 0.29) is 0 Å². The number of hydrogen-bond acceptors (Lipinski definition) is 3. The molecule has 174 valence electrons. The molecule has 3 aromatic heterocycles. The highest BCUT2D eigenvalue weighted by atomic mass is 16.3. The number of rotatable bonds is 3. The van der Waals surface area contributed by atoms with Crippen molar-refractivity contribution in [2.75, 3.05) is 0 Å². The van der Waals surface area contributed by atoms with Gasteiger partial charge in [-0.05, 0) is 53.6 Å². The van der Waals surface area contributed by atoms with Crippen molar-refractivity contribution in [3.05, 3.63) is 122 Å². The van der Waals surface area contributed by atoms with E-state index in [9.17, 15) is 0 Å². The van der Waals surface area contributed by atoms with Crippen LogP contribution in [0.15, 0.2) is 130 Å². The van der Waals surface area contributed by atoms with Crippen molar-refractivity contribution < 1.29 is 8.83 Å². The van der Waals surface area contributed by atoms with Gasteiger partial charge in [0.25, 0.3) is 0 Å². The number of benzene rings is 5. The van der Waals surface area contributed by atoms with E-state index in [1.54, 1.807) is 0 Å². The average Bonchev–Trinajstić information content (AvgIpc) is 3.65. The fraction of sp³-hybridized carbons (Fsp3) is 0. The van der Waals surface area contributed by atoms with E-state index in [1.807, 2.05) is 60.9 Å². The summed E-state index contributed by atoms with van der Waals surface area (Å²) in [6.07, 6.45) is 1.82. The third-order valence-corrected chi connectivity index (χ3v) is 7.10. The minimum atomic E-state index is 0.836. The Morgan fingerprint density at radius 1 is 0.568 bits per heavy atom. The molecule has 5 aromatic carbocycles. The summed E-state index contributed by atoms with van der Waals surface area (Å²) in [7, 11) is 0. The molecule has 0 aliphatic carbocycles. The molecule has 8 rings (SSSR count). The average molecular weight is 477 g/mol. The van der Waals surface area contributed by atoms with Gasteiger partial charge < -0.3 is 8.83 Å². The molecule has 0 N–H and O–H groups in total. The van der Waals surface area contributed by atoms with Gasteiger partial charge in [-0.25, -0.2) is 4.98 Å². The summed E-state index contributed by atoms with van der Waals surface area (Å²) in [6, 6.07) is 39.4. The molecule has 4 heteroatoms. The standard InChI is InChI=1S/C33H20N2O2/c1-2-8-21(9-3-1)22-14-16-26-27(20-36-31(26)18-22)33-34-28-11-5-6-12-29(28)35(33)23-15-17-25-24-10-4-7-13-30(24)37-32(25)19-23/h1-20H. The van der Waals surface area contributed by atoms with E-state index in [4.69, 9.17) is 13.8 Å². The molecule has 0 spiro atoms. The van der Waals surface area contributed by atoms with Crippen molar-refractivity contribution in [3.63, 3.8) is 0 Å². The summed E-state index contributed by atoms with van der Waals surface area (Å²) in [4.78, 5) is 5.06. The van der Waals surface area contributed by atoms with Crippen LogP contribution in [-0.2, 0) is 0 Å². The lowest BCUT2D eigenvalue weighted by atomic mass is 10.0. The maximum atomic E-state index is 6.21. The zero-order chi connectivity index (χ0) is 24.3. The Balaban J connectivity index is 1.35. The predicted molar refractivity (Wildman–Crippen MR) is 149 cm³/mol. The maximum Gasteiger partial charge on any atom is 0.149 e. The number of furan rings is 2. The molecule has 0 unspecified atom stereocenters. The summed E-state index contributed by atoms with van der Waals surface area (Å²) in [5, 5.41) is 3.25. The largest absolute Gasteiger partial charge is 0.464 e. The smallest absolute Gasteiger partial charge is 0.149 e. The van der Waals surface area contributed by atoms with E-state index in [0.717, 1.165) is 72.1 Å². The molecule has 0 saturated heterocycles. The zero-order valence-electron chi connectivity index (χ0n) is 19.8. The van der Waals surface area contributed by atoms with Crippen LogP contribution in [0.4, 0.5) is 0 Å². The van der Waals surface area contributed by atoms with E-state index < -0.39 is 0 Å². The summed E-state index contributed by atoms with van der Waals surface area (Å²) in [6.45, 7) is 0. The van der Waals surface area contributed by atoms with Crippen molar-refractivity contribution >= 4 is 43.9 Å². The van der Waals surface area contributed by atoms with Gasteiger partial charge in [0.2, 0.25) is 0 Å². The van der Waals surface area contributed by atoms with Gasteiger partial charge in [0.05, 0.1) is 22.3 Å². The van der Waals surface area contributed by atoms with Gasteiger partial charge in [-0.15, -0.1) is 0 Å². The van der Waals surface area contributed by atoms with Gasteiger partial charge in [0, 0.05) is 22.2 Å². The first-order chi connectivity index (χ1) is 18.3. The molecule has 8 aromatic rings. The minimum Gasteiger partial charge on any atom is -0.464 e. The highest BCUT2D eigenvalue weighted by Gasteiger charge is 2.19. The minimum absolute atomic E-state index is 0.836. The molecule has 3 heterocycles. The first kappa shape index (κ1) is 20.1. The van der Waals surface area contributed by atoms with E-state index in [0.29, 0.717) is 0 Å². The fourth-order valence-electron chi connectivity index (χ4n) is 5.33. The van der Waals surface area contributed by atoms with Crippen molar-refractivity contribution in [2.24, 2.45) is 0 Å². The third-order valence-electron chi connectivity index (χ3n) is 7.10. The first-order valence-corrected chi connectivity index (χ1v) is 12.3. The predicted octanol–water partition coefficient (Wildman–Crippen LogP) is 9.01. The topological polar surface area (TPSA) is 44.1 Å². The lowest BCUT2D eigenvalue weighted by Crippen LogP contribution is -1.97. The van der Waals surface area contributed by atoms with E-state index in [1.165, 1.54) is 0 Å². The molecule has 0 aliphatic heterocycles. The van der Waals surface area contributed by atoms with Crippen molar-refractivity contribution in [2.45, 2.75) is 0 Å². The number of hydrogen-bond donors (Lipinski definition) is 0. The first-order valence-electron chi connectivity index (χ1n) is 12.3. The number of nitrogens with zero attached hydrogens (tertiary/aromatic N) is 2. The number of imidazole rings is 1. The maximum absolute atomic E-state index is 6.21. The quantitative estimate of drug-likeness (QED) is 0.255. The molecule has 0 bridgehead atoms. The molecule has 0 amide bonds. The SMILES string of the molecule is c1ccc(-c2ccc3c(-c4nc5ccccc5n4-c4ccc5c(c4)oc4ccccc45)coc3c2)cc1. The van der Waals surface area contributed by atoms with Crippen LogP contribution in [0.3, 0.4) is 0 Å². The van der Waals surface area contributed by atoms with Crippen LogP contribution in [0.1, 0.15) is 0 Å². The Kier molecular flexibility index (Phi) is 4.19. The van der Waals surface area contributed by atoms with Crippen LogP contribution in [0.25, 0.3) is 72.1 Å². The van der Waals surface area contributed by atoms with Crippen molar-refractivity contribution in [1.82, 2.24) is 9.55 Å². The van der Waals surface area contributed by atoms with Crippen molar-refractivity contribution in [1.29, 1.82) is 0 Å². The number of para-hydroxylation sites is 3. The molecule has 0 aliphatic rings. The summed E-state index contributed by atoms with van der Waals surface area (Å²) < 4.78 is 14.5. The van der Waals surface area contributed by atoms with E-state index in [2.05, 4.69) is 65.2 Å². The molecular weight excluding hydrogens is 456 g/mol. The Bertz CT molecular complexity index is 2090. The zero-order valence-corrected chi connectivity index (χ0v) is 19.8. The van der Waals surface area contributed by atoms with Crippen LogP contribution < -0.4 is 0 Å². The Morgan fingerprint density at radius 3 is 2.30 bits per heavy atom. The van der Waals surface area contributed by atoms with Gasteiger partial charge >= 0.3 is 0 Å². The molecule has 0 saturated carbocycles. The molecule has 4 nitrogen and oxygen atoms in total. The summed E-state index contributed by atoms with van der Waals surface area (Å²) in [5.41, 5.74) is 8.77. The van der Waals surface area contributed by atoms with Crippen molar-refractivity contribution in [3.8, 4) is 28.2 Å². The number of fused-ring (bicyclic) bond motifs is 5. The summed E-state index contributed by atoms with van der Waals surface area (Å²) >= 11 is 0. The molecule has 0 radical (unpaired) electrons. The lowest BCUT2D eigenvalue weighted by Gasteiger charge is -2.09. The number of aromatic nitrogens is 2. The van der Waals surface area contributed by atoms with Gasteiger partial charge in [0.1, 0.15) is 28.8 Å². The van der Waals surface area contributed by atoms with Crippen LogP contribution in [0, 0.1) is 0 Å². The van der Waals surface area contributed by atoms with E-state index >= 15 is 0 Å². The van der Waals surface area contributed by atoms with Crippen LogP contribution in [0.2, 0.25) is 0 Å². The molecule has 37 heavy (non-hydrogen) atoms.